The minimum absolute atomic E-state index is 0.0245. The van der Waals surface area contributed by atoms with E-state index in [0.29, 0.717) is 0 Å². The lowest BCUT2D eigenvalue weighted by atomic mass is 10.00. The van der Waals surface area contributed by atoms with E-state index in [1.807, 2.05) is 24.4 Å². The molecule has 3 rings (SSSR count). The maximum Gasteiger partial charge on any atom is 0.123 e. The van der Waals surface area contributed by atoms with E-state index in [9.17, 15) is 0 Å². The smallest absolute Gasteiger partial charge is 0.123 e. The van der Waals surface area contributed by atoms with Crippen LogP contribution in [-0.4, -0.2) is 17.1 Å². The predicted octanol–water partition coefficient (Wildman–Crippen LogP) is 2.72. The van der Waals surface area contributed by atoms with Gasteiger partial charge in [-0.1, -0.05) is 18.2 Å². The molecular formula is C15H15BrN2O. The summed E-state index contributed by atoms with van der Waals surface area (Å²) >= 11 is 3.42. The molecule has 2 atom stereocenters. The molecule has 4 heteroatoms. The Kier molecular flexibility index (Phi) is 3.53. The Labute approximate surface area is 120 Å². The molecule has 1 aromatic heterocycles. The van der Waals surface area contributed by atoms with Crippen LogP contribution in [0.3, 0.4) is 0 Å². The van der Waals surface area contributed by atoms with Crippen molar-refractivity contribution in [3.63, 3.8) is 0 Å². The van der Waals surface area contributed by atoms with Crippen LogP contribution in [0.25, 0.3) is 0 Å². The van der Waals surface area contributed by atoms with Crippen LogP contribution in [0.2, 0.25) is 0 Å². The molecule has 0 bridgehead atoms. The molecule has 0 amide bonds. The predicted molar refractivity (Wildman–Crippen MR) is 78.2 cm³/mol. The van der Waals surface area contributed by atoms with Gasteiger partial charge in [-0.05, 0) is 45.6 Å². The van der Waals surface area contributed by atoms with Crippen molar-refractivity contribution in [1.82, 2.24) is 4.98 Å². The number of nitrogens with zero attached hydrogens (tertiary/aromatic N) is 1. The highest BCUT2D eigenvalue weighted by Gasteiger charge is 2.27. The second kappa shape index (κ2) is 5.31. The Bertz CT molecular complexity index is 563. The number of benzene rings is 1. The molecule has 98 valence electrons. The van der Waals surface area contributed by atoms with Gasteiger partial charge in [-0.15, -0.1) is 0 Å². The lowest BCUT2D eigenvalue weighted by Gasteiger charge is -2.19. The average Bonchev–Trinajstić information content (AvgIpc) is 2.82. The van der Waals surface area contributed by atoms with E-state index in [1.54, 1.807) is 6.20 Å². The molecule has 0 saturated heterocycles. The van der Waals surface area contributed by atoms with E-state index in [1.165, 1.54) is 5.56 Å². The first-order valence-electron chi connectivity index (χ1n) is 6.32. The largest absolute Gasteiger partial charge is 0.488 e. The van der Waals surface area contributed by atoms with Crippen molar-refractivity contribution in [2.45, 2.75) is 25.0 Å². The molecular weight excluding hydrogens is 304 g/mol. The van der Waals surface area contributed by atoms with E-state index in [-0.39, 0.29) is 12.1 Å². The zero-order chi connectivity index (χ0) is 13.2. The van der Waals surface area contributed by atoms with E-state index in [4.69, 9.17) is 10.5 Å². The van der Waals surface area contributed by atoms with Crippen LogP contribution in [0.1, 0.15) is 11.1 Å². The summed E-state index contributed by atoms with van der Waals surface area (Å²) in [7, 11) is 0. The van der Waals surface area contributed by atoms with E-state index >= 15 is 0 Å². The number of fused-ring (bicyclic) bond motifs is 1. The van der Waals surface area contributed by atoms with E-state index in [2.05, 4.69) is 33.0 Å². The fourth-order valence-corrected chi connectivity index (χ4v) is 2.83. The highest BCUT2D eigenvalue weighted by molar-refractivity contribution is 9.10. The molecule has 19 heavy (non-hydrogen) atoms. The Morgan fingerprint density at radius 3 is 3.00 bits per heavy atom. The Morgan fingerprint density at radius 1 is 1.37 bits per heavy atom. The number of ether oxygens (including phenoxy) is 1. The first-order chi connectivity index (χ1) is 9.22. The minimum atomic E-state index is -0.0245. The highest BCUT2D eigenvalue weighted by atomic mass is 79.9. The summed E-state index contributed by atoms with van der Waals surface area (Å²) in [5.41, 5.74) is 8.64. The number of halogens is 1. The number of nitrogens with two attached hydrogens (primary N) is 1. The van der Waals surface area contributed by atoms with Crippen molar-refractivity contribution in [2.24, 2.45) is 5.73 Å². The molecule has 1 aliphatic heterocycles. The van der Waals surface area contributed by atoms with Crippen LogP contribution in [0.15, 0.2) is 47.2 Å². The quantitative estimate of drug-likeness (QED) is 0.946. The minimum Gasteiger partial charge on any atom is -0.488 e. The Morgan fingerprint density at radius 2 is 2.21 bits per heavy atom. The number of pyridine rings is 1. The van der Waals surface area contributed by atoms with Gasteiger partial charge in [-0.25, -0.2) is 0 Å². The van der Waals surface area contributed by atoms with E-state index in [0.717, 1.165) is 28.6 Å². The Hall–Kier alpha value is -1.39. The van der Waals surface area contributed by atoms with Gasteiger partial charge in [0.25, 0.3) is 0 Å². The standard InChI is InChI=1S/C15H15BrN2O/c16-12-5-10(8-18-9-12)6-13(17)15-7-11-3-1-2-4-14(11)19-15/h1-5,8-9,13,15H,6-7,17H2. The topological polar surface area (TPSA) is 48.1 Å². The molecule has 1 aromatic carbocycles. The van der Waals surface area contributed by atoms with E-state index < -0.39 is 0 Å². The summed E-state index contributed by atoms with van der Waals surface area (Å²) < 4.78 is 6.89. The Balaban J connectivity index is 1.68. The van der Waals surface area contributed by atoms with Gasteiger partial charge in [0.15, 0.2) is 0 Å². The maximum absolute atomic E-state index is 6.27. The molecule has 2 unspecified atom stereocenters. The first-order valence-corrected chi connectivity index (χ1v) is 7.11. The van der Waals surface area contributed by atoms with Crippen LogP contribution in [0.5, 0.6) is 5.75 Å². The van der Waals surface area contributed by atoms with Crippen molar-refractivity contribution in [3.8, 4) is 5.75 Å². The third kappa shape index (κ3) is 2.80. The monoisotopic (exact) mass is 318 g/mol. The van der Waals surface area contributed by atoms with Gasteiger partial charge in [0.05, 0.1) is 0 Å². The average molecular weight is 319 g/mol. The summed E-state index contributed by atoms with van der Waals surface area (Å²) in [5, 5.41) is 0. The van der Waals surface area contributed by atoms with Crippen LogP contribution in [0, 0.1) is 0 Å². The number of para-hydroxylation sites is 1. The van der Waals surface area contributed by atoms with Crippen molar-refractivity contribution in [2.75, 3.05) is 0 Å². The first kappa shape index (κ1) is 12.6. The summed E-state index contributed by atoms with van der Waals surface area (Å²) in [6.45, 7) is 0. The van der Waals surface area contributed by atoms with Gasteiger partial charge in [-0.3, -0.25) is 4.98 Å². The van der Waals surface area contributed by atoms with Crippen LogP contribution in [-0.2, 0) is 12.8 Å². The van der Waals surface area contributed by atoms with Crippen molar-refractivity contribution < 1.29 is 4.74 Å². The molecule has 3 nitrogen and oxygen atoms in total. The van der Waals surface area contributed by atoms with Gasteiger partial charge in [0.2, 0.25) is 0 Å². The van der Waals surface area contributed by atoms with Gasteiger partial charge in [0, 0.05) is 29.3 Å². The SMILES string of the molecule is NC(Cc1cncc(Br)c1)C1Cc2ccccc2O1. The summed E-state index contributed by atoms with van der Waals surface area (Å²) in [4.78, 5) is 4.16. The molecule has 0 fully saturated rings. The molecule has 0 spiro atoms. The third-order valence-electron chi connectivity index (χ3n) is 3.38. The fourth-order valence-electron chi connectivity index (χ4n) is 2.42. The van der Waals surface area contributed by atoms with Crippen molar-refractivity contribution in [3.05, 3.63) is 58.3 Å². The lowest BCUT2D eigenvalue weighted by Crippen LogP contribution is -2.39. The summed E-state index contributed by atoms with van der Waals surface area (Å²) in [5.74, 6) is 0.968. The van der Waals surface area contributed by atoms with Gasteiger partial charge in [0.1, 0.15) is 11.9 Å². The molecule has 1 aliphatic rings. The van der Waals surface area contributed by atoms with Crippen molar-refractivity contribution in [1.29, 1.82) is 0 Å². The third-order valence-corrected chi connectivity index (χ3v) is 3.82. The maximum atomic E-state index is 6.27. The van der Waals surface area contributed by atoms with Gasteiger partial charge >= 0.3 is 0 Å². The summed E-state index contributed by atoms with van der Waals surface area (Å²) in [6, 6.07) is 10.2. The summed E-state index contributed by atoms with van der Waals surface area (Å²) in [6.07, 6.45) is 5.34. The molecule has 0 radical (unpaired) electrons. The van der Waals surface area contributed by atoms with Crippen LogP contribution in [0.4, 0.5) is 0 Å². The van der Waals surface area contributed by atoms with Crippen molar-refractivity contribution >= 4 is 15.9 Å². The molecule has 2 aromatic rings. The molecule has 0 saturated carbocycles. The van der Waals surface area contributed by atoms with Crippen LogP contribution >= 0.6 is 15.9 Å². The fraction of sp³-hybridized carbons (Fsp3) is 0.267. The van der Waals surface area contributed by atoms with Gasteiger partial charge < -0.3 is 10.5 Å². The molecule has 0 aliphatic carbocycles. The molecule has 2 N–H and O–H groups in total. The lowest BCUT2D eigenvalue weighted by molar-refractivity contribution is 0.198. The zero-order valence-electron chi connectivity index (χ0n) is 10.4. The highest BCUT2D eigenvalue weighted by Crippen LogP contribution is 2.29. The second-order valence-corrected chi connectivity index (χ2v) is 5.76. The number of rotatable bonds is 3. The second-order valence-electron chi connectivity index (χ2n) is 4.85. The molecule has 2 heterocycles. The zero-order valence-corrected chi connectivity index (χ0v) is 12.0. The normalized spacial score (nSPS) is 18.7. The van der Waals surface area contributed by atoms with Gasteiger partial charge in [-0.2, -0.15) is 0 Å². The van der Waals surface area contributed by atoms with Crippen LogP contribution < -0.4 is 10.5 Å². The number of aromatic nitrogens is 1. The number of hydrogen-bond acceptors (Lipinski definition) is 3. The number of hydrogen-bond donors (Lipinski definition) is 1.